The Bertz CT molecular complexity index is 365. The Labute approximate surface area is 98.4 Å². The van der Waals surface area contributed by atoms with Gasteiger partial charge in [0.2, 0.25) is 0 Å². The maximum absolute atomic E-state index is 3.58. The summed E-state index contributed by atoms with van der Waals surface area (Å²) >= 11 is 0. The largest absolute Gasteiger partial charge is 0.384 e. The Morgan fingerprint density at radius 3 is 2.62 bits per heavy atom. The van der Waals surface area contributed by atoms with E-state index in [-0.39, 0.29) is 0 Å². The molecule has 1 unspecified atom stereocenters. The van der Waals surface area contributed by atoms with E-state index in [2.05, 4.69) is 43.5 Å². The van der Waals surface area contributed by atoms with E-state index in [0.29, 0.717) is 0 Å². The average molecular weight is 218 g/mol. The average Bonchev–Trinajstić information content (AvgIpc) is 2.74. The molecule has 2 heteroatoms. The van der Waals surface area contributed by atoms with Crippen LogP contribution in [0.2, 0.25) is 0 Å². The summed E-state index contributed by atoms with van der Waals surface area (Å²) < 4.78 is 0. The molecular formula is C14H22N2. The van der Waals surface area contributed by atoms with Gasteiger partial charge in [-0.25, -0.2) is 0 Å². The number of rotatable bonds is 3. The van der Waals surface area contributed by atoms with Crippen molar-refractivity contribution < 1.29 is 0 Å². The molecular weight excluding hydrogens is 196 g/mol. The predicted octanol–water partition coefficient (Wildman–Crippen LogP) is 2.63. The van der Waals surface area contributed by atoms with Crippen LogP contribution in [-0.4, -0.2) is 19.6 Å². The molecule has 1 aliphatic rings. The standard InChI is InChI=1S/C14H22N2/c1-10-6-12(3)14(7-11(10)2)16-9-13-4-5-15-8-13/h6-7,13,15-16H,4-5,8-9H2,1-3H3. The maximum Gasteiger partial charge on any atom is 0.0372 e. The highest BCUT2D eigenvalue weighted by Crippen LogP contribution is 2.20. The molecule has 16 heavy (non-hydrogen) atoms. The van der Waals surface area contributed by atoms with Gasteiger partial charge in [-0.2, -0.15) is 0 Å². The molecule has 0 amide bonds. The van der Waals surface area contributed by atoms with Crippen molar-refractivity contribution in [2.24, 2.45) is 5.92 Å². The summed E-state index contributed by atoms with van der Waals surface area (Å²) in [6, 6.07) is 4.54. The Morgan fingerprint density at radius 2 is 1.94 bits per heavy atom. The van der Waals surface area contributed by atoms with Gasteiger partial charge in [0.15, 0.2) is 0 Å². The minimum atomic E-state index is 0.793. The molecule has 0 spiro atoms. The highest BCUT2D eigenvalue weighted by molar-refractivity contribution is 5.54. The van der Waals surface area contributed by atoms with Crippen molar-refractivity contribution >= 4 is 5.69 Å². The SMILES string of the molecule is Cc1cc(C)c(NCC2CCNC2)cc1C. The number of hydrogen-bond donors (Lipinski definition) is 2. The lowest BCUT2D eigenvalue weighted by Gasteiger charge is -2.15. The van der Waals surface area contributed by atoms with Crippen molar-refractivity contribution in [2.75, 3.05) is 25.0 Å². The van der Waals surface area contributed by atoms with Crippen molar-refractivity contribution in [2.45, 2.75) is 27.2 Å². The van der Waals surface area contributed by atoms with Gasteiger partial charge in [0, 0.05) is 12.2 Å². The summed E-state index contributed by atoms with van der Waals surface area (Å²) in [4.78, 5) is 0. The lowest BCUT2D eigenvalue weighted by molar-refractivity contribution is 0.615. The third-order valence-corrected chi connectivity index (χ3v) is 3.58. The fraction of sp³-hybridized carbons (Fsp3) is 0.571. The van der Waals surface area contributed by atoms with Crippen LogP contribution in [0.1, 0.15) is 23.1 Å². The van der Waals surface area contributed by atoms with Crippen molar-refractivity contribution in [3.8, 4) is 0 Å². The Morgan fingerprint density at radius 1 is 1.19 bits per heavy atom. The van der Waals surface area contributed by atoms with E-state index in [1.165, 1.54) is 35.3 Å². The molecule has 2 rings (SSSR count). The molecule has 1 heterocycles. The van der Waals surface area contributed by atoms with Crippen LogP contribution in [0.15, 0.2) is 12.1 Å². The van der Waals surface area contributed by atoms with Crippen LogP contribution < -0.4 is 10.6 Å². The molecule has 1 aromatic carbocycles. The van der Waals surface area contributed by atoms with E-state index < -0.39 is 0 Å². The van der Waals surface area contributed by atoms with Crippen LogP contribution >= 0.6 is 0 Å². The van der Waals surface area contributed by atoms with Gasteiger partial charge in [0.05, 0.1) is 0 Å². The van der Waals surface area contributed by atoms with Crippen LogP contribution in [0.3, 0.4) is 0 Å². The first kappa shape index (κ1) is 11.5. The van der Waals surface area contributed by atoms with Gasteiger partial charge in [-0.05, 0) is 69.0 Å². The van der Waals surface area contributed by atoms with E-state index >= 15 is 0 Å². The second-order valence-corrected chi connectivity index (χ2v) is 4.99. The lowest BCUT2D eigenvalue weighted by atomic mass is 10.0. The first-order chi connectivity index (χ1) is 7.66. The van der Waals surface area contributed by atoms with Gasteiger partial charge < -0.3 is 10.6 Å². The third-order valence-electron chi connectivity index (χ3n) is 3.58. The molecule has 1 aromatic rings. The molecule has 0 saturated carbocycles. The first-order valence-electron chi connectivity index (χ1n) is 6.19. The number of nitrogens with one attached hydrogen (secondary N) is 2. The summed E-state index contributed by atoms with van der Waals surface area (Å²) in [7, 11) is 0. The molecule has 1 fully saturated rings. The Kier molecular flexibility index (Phi) is 3.49. The maximum atomic E-state index is 3.58. The number of anilines is 1. The Balaban J connectivity index is 2.00. The Hall–Kier alpha value is -1.02. The van der Waals surface area contributed by atoms with Gasteiger partial charge in [0.1, 0.15) is 0 Å². The molecule has 1 aliphatic heterocycles. The van der Waals surface area contributed by atoms with E-state index in [1.54, 1.807) is 0 Å². The van der Waals surface area contributed by atoms with Gasteiger partial charge in [-0.1, -0.05) is 6.07 Å². The molecule has 0 radical (unpaired) electrons. The van der Waals surface area contributed by atoms with E-state index in [4.69, 9.17) is 0 Å². The molecule has 2 N–H and O–H groups in total. The van der Waals surface area contributed by atoms with Crippen LogP contribution in [0, 0.1) is 26.7 Å². The quantitative estimate of drug-likeness (QED) is 0.815. The second-order valence-electron chi connectivity index (χ2n) is 4.99. The highest BCUT2D eigenvalue weighted by atomic mass is 14.9. The molecule has 0 aromatic heterocycles. The van der Waals surface area contributed by atoms with Gasteiger partial charge >= 0.3 is 0 Å². The topological polar surface area (TPSA) is 24.1 Å². The molecule has 1 saturated heterocycles. The minimum absolute atomic E-state index is 0.793. The fourth-order valence-corrected chi connectivity index (χ4v) is 2.29. The molecule has 1 atom stereocenters. The first-order valence-corrected chi connectivity index (χ1v) is 6.19. The summed E-state index contributed by atoms with van der Waals surface area (Å²) in [5.41, 5.74) is 5.41. The summed E-state index contributed by atoms with van der Waals surface area (Å²) in [5, 5.41) is 6.99. The van der Waals surface area contributed by atoms with E-state index in [0.717, 1.165) is 19.0 Å². The summed E-state index contributed by atoms with van der Waals surface area (Å²) in [6.07, 6.45) is 1.30. The third kappa shape index (κ3) is 2.56. The van der Waals surface area contributed by atoms with E-state index in [9.17, 15) is 0 Å². The predicted molar refractivity (Wildman–Crippen MR) is 70.1 cm³/mol. The second kappa shape index (κ2) is 4.88. The van der Waals surface area contributed by atoms with Crippen molar-refractivity contribution in [1.82, 2.24) is 5.32 Å². The van der Waals surface area contributed by atoms with Crippen molar-refractivity contribution in [3.05, 3.63) is 28.8 Å². The van der Waals surface area contributed by atoms with Crippen LogP contribution in [0.25, 0.3) is 0 Å². The van der Waals surface area contributed by atoms with Crippen molar-refractivity contribution in [3.63, 3.8) is 0 Å². The zero-order chi connectivity index (χ0) is 11.5. The van der Waals surface area contributed by atoms with Gasteiger partial charge in [-0.3, -0.25) is 0 Å². The zero-order valence-electron chi connectivity index (χ0n) is 10.6. The molecule has 0 bridgehead atoms. The van der Waals surface area contributed by atoms with Gasteiger partial charge in [-0.15, -0.1) is 0 Å². The normalized spacial score (nSPS) is 20.1. The van der Waals surface area contributed by atoms with Crippen LogP contribution in [0.4, 0.5) is 5.69 Å². The summed E-state index contributed by atoms with van der Waals surface area (Å²) in [5.74, 6) is 0.793. The lowest BCUT2D eigenvalue weighted by Crippen LogP contribution is -2.17. The monoisotopic (exact) mass is 218 g/mol. The molecule has 0 aliphatic carbocycles. The smallest absolute Gasteiger partial charge is 0.0372 e. The molecule has 88 valence electrons. The number of aryl methyl sites for hydroxylation is 3. The summed E-state index contributed by atoms with van der Waals surface area (Å²) in [6.45, 7) is 9.97. The zero-order valence-corrected chi connectivity index (χ0v) is 10.6. The van der Waals surface area contributed by atoms with Crippen LogP contribution in [0.5, 0.6) is 0 Å². The number of benzene rings is 1. The van der Waals surface area contributed by atoms with Crippen molar-refractivity contribution in [1.29, 1.82) is 0 Å². The van der Waals surface area contributed by atoms with Crippen LogP contribution in [-0.2, 0) is 0 Å². The highest BCUT2D eigenvalue weighted by Gasteiger charge is 2.14. The minimum Gasteiger partial charge on any atom is -0.384 e. The number of hydrogen-bond acceptors (Lipinski definition) is 2. The molecule has 2 nitrogen and oxygen atoms in total. The fourth-order valence-electron chi connectivity index (χ4n) is 2.29. The van der Waals surface area contributed by atoms with E-state index in [1.807, 2.05) is 0 Å². The van der Waals surface area contributed by atoms with Gasteiger partial charge in [0.25, 0.3) is 0 Å².